The van der Waals surface area contributed by atoms with Crippen molar-refractivity contribution in [2.75, 3.05) is 0 Å². The molecule has 7 aromatic carbocycles. The Morgan fingerprint density at radius 1 is 0.408 bits per heavy atom. The van der Waals surface area contributed by atoms with Crippen molar-refractivity contribution < 1.29 is 0 Å². The minimum Gasteiger partial charge on any atom is -0.309 e. The van der Waals surface area contributed by atoms with E-state index in [-0.39, 0.29) is 0 Å². The number of hydrogen-bond acceptors (Lipinski definition) is 3. The Labute approximate surface area is 283 Å². The van der Waals surface area contributed by atoms with Gasteiger partial charge in [-0.1, -0.05) is 133 Å². The summed E-state index contributed by atoms with van der Waals surface area (Å²) in [4.78, 5) is 18.4. The molecule has 0 saturated carbocycles. The average Bonchev–Trinajstić information content (AvgIpc) is 3.51. The Balaban J connectivity index is 1.16. The monoisotopic (exact) mass is 625 g/mol. The van der Waals surface area contributed by atoms with Gasteiger partial charge in [-0.2, -0.15) is 0 Å². The molecule has 0 bridgehead atoms. The molecule has 9 rings (SSSR count). The van der Waals surface area contributed by atoms with E-state index in [2.05, 4.69) is 100 Å². The molecule has 5 nitrogen and oxygen atoms in total. The lowest BCUT2D eigenvalue weighted by atomic mass is 10.0. The normalized spacial score (nSPS) is 11.2. The second kappa shape index (κ2) is 11.7. The quantitative estimate of drug-likeness (QED) is 0.179. The Morgan fingerprint density at radius 3 is 1.57 bits per heavy atom. The van der Waals surface area contributed by atoms with E-state index in [0.29, 0.717) is 23.2 Å². The lowest BCUT2D eigenvalue weighted by Gasteiger charge is -2.12. The fourth-order valence-electron chi connectivity index (χ4n) is 6.67. The molecule has 0 spiro atoms. The molecule has 5 heteroatoms. The van der Waals surface area contributed by atoms with Gasteiger partial charge in [0.15, 0.2) is 23.2 Å². The van der Waals surface area contributed by atoms with Gasteiger partial charge in [-0.25, -0.2) is 19.8 Å². The minimum absolute atomic E-state index is 0.625. The molecule has 2 aromatic heterocycles. The van der Waals surface area contributed by atoms with Gasteiger partial charge in [0, 0.05) is 27.5 Å². The summed E-state index contributed by atoms with van der Waals surface area (Å²) in [6.45, 7) is 7.70. The zero-order valence-corrected chi connectivity index (χ0v) is 26.3. The van der Waals surface area contributed by atoms with Crippen LogP contribution in [-0.4, -0.2) is 19.5 Å². The lowest BCUT2D eigenvalue weighted by molar-refractivity contribution is 1.07. The first-order valence-corrected chi connectivity index (χ1v) is 16.1. The van der Waals surface area contributed by atoms with Gasteiger partial charge in [0.2, 0.25) is 0 Å². The van der Waals surface area contributed by atoms with Crippen LogP contribution in [0.5, 0.6) is 0 Å². The number of fused-ring (bicyclic) bond motifs is 4. The summed E-state index contributed by atoms with van der Waals surface area (Å²) in [5, 5.41) is 4.53. The summed E-state index contributed by atoms with van der Waals surface area (Å²) in [6.07, 6.45) is 0. The van der Waals surface area contributed by atoms with E-state index in [1.54, 1.807) is 0 Å². The van der Waals surface area contributed by atoms with E-state index in [4.69, 9.17) is 21.5 Å². The summed E-state index contributed by atoms with van der Waals surface area (Å²) in [6, 6.07) is 55.9. The van der Waals surface area contributed by atoms with Crippen LogP contribution >= 0.6 is 0 Å². The first-order chi connectivity index (χ1) is 24.2. The highest BCUT2D eigenvalue weighted by Crippen LogP contribution is 2.38. The summed E-state index contributed by atoms with van der Waals surface area (Å²) < 4.78 is 2.32. The van der Waals surface area contributed by atoms with E-state index in [9.17, 15) is 0 Å². The fraction of sp³-hybridized carbons (Fsp3) is 0. The third-order valence-electron chi connectivity index (χ3n) is 9.06. The lowest BCUT2D eigenvalue weighted by Crippen LogP contribution is -2.00. The first kappa shape index (κ1) is 28.3. The Hall–Kier alpha value is -6.90. The molecule has 0 saturated heterocycles. The molecule has 49 heavy (non-hydrogen) atoms. The zero-order chi connectivity index (χ0) is 32.7. The van der Waals surface area contributed by atoms with Crippen molar-refractivity contribution in [1.29, 1.82) is 0 Å². The van der Waals surface area contributed by atoms with Crippen LogP contribution < -0.4 is 0 Å². The highest BCUT2D eigenvalue weighted by Gasteiger charge is 2.17. The van der Waals surface area contributed by atoms with Crippen LogP contribution in [0.1, 0.15) is 0 Å². The molecule has 0 aliphatic rings. The summed E-state index contributed by atoms with van der Waals surface area (Å²) in [5.74, 6) is 1.90. The van der Waals surface area contributed by atoms with Crippen LogP contribution in [-0.2, 0) is 0 Å². The van der Waals surface area contributed by atoms with Crippen molar-refractivity contribution in [3.05, 3.63) is 175 Å². The van der Waals surface area contributed by atoms with Crippen molar-refractivity contribution in [3.8, 4) is 51.0 Å². The van der Waals surface area contributed by atoms with Crippen molar-refractivity contribution in [1.82, 2.24) is 19.5 Å². The van der Waals surface area contributed by atoms with Crippen LogP contribution in [0, 0.1) is 6.57 Å². The third kappa shape index (κ3) is 5.00. The maximum absolute atomic E-state index is 7.70. The van der Waals surface area contributed by atoms with E-state index < -0.39 is 0 Å². The minimum atomic E-state index is 0.625. The van der Waals surface area contributed by atoms with Gasteiger partial charge in [-0.05, 0) is 52.2 Å². The zero-order valence-electron chi connectivity index (χ0n) is 26.3. The molecule has 0 aliphatic heterocycles. The van der Waals surface area contributed by atoms with Gasteiger partial charge < -0.3 is 4.57 Å². The largest absolute Gasteiger partial charge is 0.309 e. The van der Waals surface area contributed by atoms with Gasteiger partial charge in [-0.3, -0.25) is 0 Å². The van der Waals surface area contributed by atoms with Gasteiger partial charge >= 0.3 is 0 Å². The summed E-state index contributed by atoms with van der Waals surface area (Å²) in [5.41, 5.74) is 8.89. The summed E-state index contributed by atoms with van der Waals surface area (Å²) >= 11 is 0. The smallest absolute Gasteiger partial charge is 0.188 e. The van der Waals surface area contributed by atoms with Gasteiger partial charge in [0.1, 0.15) is 0 Å². The van der Waals surface area contributed by atoms with E-state index in [0.717, 1.165) is 55.3 Å². The fourth-order valence-corrected chi connectivity index (χ4v) is 6.67. The standard InChI is InChI=1S/C44H27N5/c1-45-35-24-26-41-38(28-35)37-27-34(23-25-40(37)49(41)39-18-10-16-30-11-8-9-17-36(30)39)29-19-21-33(22-20-29)44-47-42(31-12-4-2-5-13-31)46-43(48-44)32-14-6-3-7-15-32/h2-28H. The van der Waals surface area contributed by atoms with E-state index in [1.165, 1.54) is 10.8 Å². The van der Waals surface area contributed by atoms with Gasteiger partial charge in [0.05, 0.1) is 23.3 Å². The molecule has 2 heterocycles. The van der Waals surface area contributed by atoms with Crippen LogP contribution in [0.2, 0.25) is 0 Å². The van der Waals surface area contributed by atoms with Crippen LogP contribution in [0.15, 0.2) is 164 Å². The van der Waals surface area contributed by atoms with Crippen LogP contribution in [0.4, 0.5) is 5.69 Å². The number of hydrogen-bond donors (Lipinski definition) is 0. The second-order valence-electron chi connectivity index (χ2n) is 12.0. The molecule has 228 valence electrons. The molecule has 0 atom stereocenters. The highest BCUT2D eigenvalue weighted by atomic mass is 15.0. The number of nitrogens with zero attached hydrogens (tertiary/aromatic N) is 5. The molecular formula is C44H27N5. The maximum Gasteiger partial charge on any atom is 0.188 e. The van der Waals surface area contributed by atoms with E-state index in [1.807, 2.05) is 72.8 Å². The Bertz CT molecular complexity index is 2640. The third-order valence-corrected chi connectivity index (χ3v) is 9.06. The van der Waals surface area contributed by atoms with Gasteiger partial charge in [0.25, 0.3) is 0 Å². The van der Waals surface area contributed by atoms with Gasteiger partial charge in [-0.15, -0.1) is 0 Å². The molecule has 0 amide bonds. The Kier molecular flexibility index (Phi) is 6.78. The number of aromatic nitrogens is 4. The molecule has 0 unspecified atom stereocenters. The Morgan fingerprint density at radius 2 is 0.918 bits per heavy atom. The topological polar surface area (TPSA) is 48.0 Å². The number of rotatable bonds is 5. The van der Waals surface area contributed by atoms with Crippen LogP contribution in [0.3, 0.4) is 0 Å². The van der Waals surface area contributed by atoms with Crippen molar-refractivity contribution in [2.45, 2.75) is 0 Å². The predicted molar refractivity (Wildman–Crippen MR) is 200 cm³/mol. The maximum atomic E-state index is 7.70. The molecule has 0 fully saturated rings. The van der Waals surface area contributed by atoms with Crippen molar-refractivity contribution in [3.63, 3.8) is 0 Å². The predicted octanol–water partition coefficient (Wildman–Crippen LogP) is 11.3. The first-order valence-electron chi connectivity index (χ1n) is 16.1. The van der Waals surface area contributed by atoms with Crippen molar-refractivity contribution >= 4 is 38.3 Å². The average molecular weight is 626 g/mol. The SMILES string of the molecule is [C-]#[N+]c1ccc2c(c1)c1cc(-c3ccc(-c4nc(-c5ccccc5)nc(-c5ccccc5)n4)cc3)ccc1n2-c1cccc2ccccc12. The molecule has 0 radical (unpaired) electrons. The second-order valence-corrected chi connectivity index (χ2v) is 12.0. The van der Waals surface area contributed by atoms with Crippen LogP contribution in [0.25, 0.3) is 88.4 Å². The molecular weight excluding hydrogens is 599 g/mol. The molecule has 0 N–H and O–H groups in total. The summed E-state index contributed by atoms with van der Waals surface area (Å²) in [7, 11) is 0. The molecule has 9 aromatic rings. The van der Waals surface area contributed by atoms with E-state index >= 15 is 0 Å². The highest BCUT2D eigenvalue weighted by molar-refractivity contribution is 6.12. The molecule has 0 aliphatic carbocycles. The number of benzene rings is 7. The van der Waals surface area contributed by atoms with Crippen molar-refractivity contribution in [2.24, 2.45) is 0 Å².